The first-order valence-electron chi connectivity index (χ1n) is 8.69. The van der Waals surface area contributed by atoms with Gasteiger partial charge < -0.3 is 9.64 Å². The molecule has 2 aromatic heterocycles. The maximum Gasteiger partial charge on any atom is 0.322 e. The van der Waals surface area contributed by atoms with Crippen LogP contribution in [0.3, 0.4) is 0 Å². The number of nitrogens with zero attached hydrogens (tertiary/aromatic N) is 4. The summed E-state index contributed by atoms with van der Waals surface area (Å²) in [4.78, 5) is 19.4. The van der Waals surface area contributed by atoms with Gasteiger partial charge in [-0.1, -0.05) is 16.4 Å². The van der Waals surface area contributed by atoms with E-state index in [0.29, 0.717) is 6.61 Å². The largest absolute Gasteiger partial charge is 0.377 e. The number of aromatic nitrogens is 3. The number of fused-ring (bicyclic) bond motifs is 1. The number of likely N-dealkylation sites (tertiary alicyclic amines) is 1. The van der Waals surface area contributed by atoms with Gasteiger partial charge in [-0.2, -0.15) is 13.9 Å². The van der Waals surface area contributed by atoms with E-state index < -0.39 is 17.7 Å². The summed E-state index contributed by atoms with van der Waals surface area (Å²) in [7, 11) is 7.73. The lowest BCUT2D eigenvalue weighted by Gasteiger charge is -2.22. The second-order valence-electron chi connectivity index (χ2n) is 7.94. The van der Waals surface area contributed by atoms with Crippen LogP contribution >= 0.6 is 22.9 Å². The van der Waals surface area contributed by atoms with Crippen molar-refractivity contribution in [1.29, 1.82) is 0 Å². The van der Waals surface area contributed by atoms with Gasteiger partial charge in [0.2, 0.25) is 10.9 Å². The number of imidazole rings is 1. The predicted octanol–water partition coefficient (Wildman–Crippen LogP) is -0.483. The minimum absolute atomic E-state index is 0.0844. The van der Waals surface area contributed by atoms with Gasteiger partial charge in [0, 0.05) is 26.5 Å². The SMILES string of the molecule is BC(B)(B)c1nc2sc(COC)nn2c1CN1C[C@@H](CC(F)(F)Cl)CC1=O. The van der Waals surface area contributed by atoms with Crippen LogP contribution in [0.25, 0.3) is 4.96 Å². The van der Waals surface area contributed by atoms with E-state index in [1.807, 2.05) is 23.5 Å². The van der Waals surface area contributed by atoms with Crippen LogP contribution in [0.15, 0.2) is 0 Å². The summed E-state index contributed by atoms with van der Waals surface area (Å²) in [5.74, 6) is -0.603. The van der Waals surface area contributed by atoms with Crippen LogP contribution in [0.2, 0.25) is 0 Å². The van der Waals surface area contributed by atoms with E-state index >= 15 is 0 Å². The zero-order valence-electron chi connectivity index (χ0n) is 15.8. The summed E-state index contributed by atoms with van der Waals surface area (Å²) in [5.41, 5.74) is 1.66. The molecule has 0 aromatic carbocycles. The molecular weight excluding hydrogens is 394 g/mol. The van der Waals surface area contributed by atoms with Gasteiger partial charge in [-0.25, -0.2) is 9.50 Å². The summed E-state index contributed by atoms with van der Waals surface area (Å²) in [6.07, 6.45) is -0.416. The molecule has 0 saturated carbocycles. The van der Waals surface area contributed by atoms with Crippen molar-refractivity contribution in [1.82, 2.24) is 19.5 Å². The average molecular weight is 414 g/mol. The average Bonchev–Trinajstić information content (AvgIpc) is 3.12. The fourth-order valence-electron chi connectivity index (χ4n) is 3.41. The molecular formula is C14H20B3ClF2N4O2S. The number of ether oxygens (including phenoxy) is 1. The highest BCUT2D eigenvalue weighted by atomic mass is 35.5. The lowest BCUT2D eigenvalue weighted by atomic mass is 9.41. The number of halogens is 3. The molecule has 1 amide bonds. The number of hydrogen-bond acceptors (Lipinski definition) is 5. The van der Waals surface area contributed by atoms with Gasteiger partial charge in [0.15, 0.2) is 0 Å². The van der Waals surface area contributed by atoms with Gasteiger partial charge >= 0.3 is 5.38 Å². The molecule has 1 aliphatic rings. The first-order chi connectivity index (χ1) is 12.5. The van der Waals surface area contributed by atoms with Gasteiger partial charge in [0.05, 0.1) is 48.1 Å². The molecule has 6 nitrogen and oxygen atoms in total. The molecule has 3 rings (SSSR count). The van der Waals surface area contributed by atoms with Crippen molar-refractivity contribution in [3.8, 4) is 0 Å². The molecule has 0 unspecified atom stereocenters. The van der Waals surface area contributed by atoms with Crippen molar-refractivity contribution in [3.63, 3.8) is 0 Å². The number of amides is 1. The Bertz CT molecular complexity index is 852. The van der Waals surface area contributed by atoms with Crippen LogP contribution in [0, 0.1) is 5.92 Å². The third kappa shape index (κ3) is 4.66. The molecule has 1 fully saturated rings. The number of methoxy groups -OCH3 is 1. The van der Waals surface area contributed by atoms with Gasteiger partial charge in [-0.3, -0.25) is 4.79 Å². The molecule has 3 heterocycles. The van der Waals surface area contributed by atoms with E-state index in [4.69, 9.17) is 21.3 Å². The standard InChI is InChI=1S/C14H20B3ClF2N4O2S/c1-26-6-9-22-24-8(11(14(15,16)17)21-12(24)27-9)5-23-4-7(2-10(23)25)3-13(18,19)20/h7H,2-6,15-17H2,1H3/t7-/m1/s1. The quantitative estimate of drug-likeness (QED) is 0.454. The third-order valence-corrected chi connectivity index (χ3v) is 5.51. The molecule has 144 valence electrons. The molecule has 0 aliphatic carbocycles. The zero-order chi connectivity index (χ0) is 20.0. The molecule has 1 atom stereocenters. The van der Waals surface area contributed by atoms with Gasteiger partial charge in [-0.15, -0.1) is 0 Å². The first kappa shape index (κ1) is 20.6. The summed E-state index contributed by atoms with van der Waals surface area (Å²) in [6, 6.07) is 0. The molecule has 0 spiro atoms. The Hall–Kier alpha value is -1.13. The van der Waals surface area contributed by atoms with E-state index in [1.165, 1.54) is 11.3 Å². The van der Waals surface area contributed by atoms with E-state index in [-0.39, 0.29) is 30.5 Å². The van der Waals surface area contributed by atoms with Crippen molar-refractivity contribution in [2.24, 2.45) is 5.92 Å². The van der Waals surface area contributed by atoms with Crippen LogP contribution < -0.4 is 0 Å². The van der Waals surface area contributed by atoms with Crippen LogP contribution in [0.4, 0.5) is 8.78 Å². The van der Waals surface area contributed by atoms with E-state index in [0.717, 1.165) is 21.4 Å². The molecule has 1 saturated heterocycles. The van der Waals surface area contributed by atoms with Crippen LogP contribution in [-0.4, -0.2) is 68.0 Å². The van der Waals surface area contributed by atoms with E-state index in [2.05, 4.69) is 5.10 Å². The number of rotatable bonds is 7. The van der Waals surface area contributed by atoms with E-state index in [9.17, 15) is 13.6 Å². The Morgan fingerprint density at radius 3 is 2.70 bits per heavy atom. The summed E-state index contributed by atoms with van der Waals surface area (Å²) < 4.78 is 33.1. The minimum Gasteiger partial charge on any atom is -0.377 e. The van der Waals surface area contributed by atoms with Crippen LogP contribution in [-0.2, 0) is 27.8 Å². The highest BCUT2D eigenvalue weighted by Gasteiger charge is 2.38. The Balaban J connectivity index is 1.89. The summed E-state index contributed by atoms with van der Waals surface area (Å²) in [5, 5.41) is 1.81. The first-order valence-corrected chi connectivity index (χ1v) is 9.88. The molecule has 0 bridgehead atoms. The molecule has 27 heavy (non-hydrogen) atoms. The van der Waals surface area contributed by atoms with Crippen LogP contribution in [0.1, 0.15) is 29.2 Å². The number of alkyl halides is 3. The minimum atomic E-state index is -3.29. The molecule has 13 heteroatoms. The lowest BCUT2D eigenvalue weighted by Crippen LogP contribution is -2.32. The van der Waals surface area contributed by atoms with Crippen molar-refractivity contribution in [2.75, 3.05) is 13.7 Å². The maximum atomic E-state index is 13.1. The fraction of sp³-hybridized carbons (Fsp3) is 0.643. The number of carbonyl (C=O) groups excluding carboxylic acids is 1. The van der Waals surface area contributed by atoms with Crippen molar-refractivity contribution < 1.29 is 18.3 Å². The van der Waals surface area contributed by atoms with Crippen LogP contribution in [0.5, 0.6) is 0 Å². The highest BCUT2D eigenvalue weighted by Crippen LogP contribution is 2.34. The molecule has 0 N–H and O–H groups in total. The number of hydrogen-bond donors (Lipinski definition) is 0. The number of carbonyl (C=O) groups is 1. The topological polar surface area (TPSA) is 59.7 Å². The predicted molar refractivity (Wildman–Crippen MR) is 108 cm³/mol. The Kier molecular flexibility index (Phi) is 5.62. The second-order valence-corrected chi connectivity index (χ2v) is 9.54. The Morgan fingerprint density at radius 2 is 2.11 bits per heavy atom. The fourth-order valence-corrected chi connectivity index (χ4v) is 4.51. The molecule has 1 aliphatic heterocycles. The molecule has 2 aromatic rings. The van der Waals surface area contributed by atoms with E-state index in [1.54, 1.807) is 16.5 Å². The lowest BCUT2D eigenvalue weighted by molar-refractivity contribution is -0.128. The summed E-state index contributed by atoms with van der Waals surface area (Å²) in [6.45, 7) is 0.925. The second kappa shape index (κ2) is 7.37. The highest BCUT2D eigenvalue weighted by molar-refractivity contribution is 7.16. The normalized spacial score (nSPS) is 18.7. The van der Waals surface area contributed by atoms with Gasteiger partial charge in [0.25, 0.3) is 0 Å². The Labute approximate surface area is 167 Å². The van der Waals surface area contributed by atoms with Crippen molar-refractivity contribution >= 4 is 57.3 Å². The maximum absolute atomic E-state index is 13.1. The summed E-state index contributed by atoms with van der Waals surface area (Å²) >= 11 is 6.49. The van der Waals surface area contributed by atoms with Gasteiger partial charge in [-0.05, 0) is 17.5 Å². The molecule has 0 radical (unpaired) electrons. The zero-order valence-corrected chi connectivity index (χ0v) is 17.3. The third-order valence-electron chi connectivity index (χ3n) is 4.47. The smallest absolute Gasteiger partial charge is 0.322 e. The van der Waals surface area contributed by atoms with Crippen molar-refractivity contribution in [3.05, 3.63) is 16.4 Å². The Morgan fingerprint density at radius 1 is 1.41 bits per heavy atom. The van der Waals surface area contributed by atoms with Gasteiger partial charge in [0.1, 0.15) is 5.01 Å². The van der Waals surface area contributed by atoms with Crippen molar-refractivity contribution in [2.45, 2.75) is 36.5 Å². The monoisotopic (exact) mass is 414 g/mol.